The van der Waals surface area contributed by atoms with Crippen molar-refractivity contribution in [1.82, 2.24) is 10.2 Å². The second kappa shape index (κ2) is 8.95. The molecule has 2 aromatic rings. The molecular formula is C21H26ClN3O. The molecule has 1 aliphatic heterocycles. The summed E-state index contributed by atoms with van der Waals surface area (Å²) >= 11 is 5.99. The Bertz CT molecular complexity index is 742. The molecule has 0 saturated carbocycles. The lowest BCUT2D eigenvalue weighted by molar-refractivity contribution is 0.194. The van der Waals surface area contributed by atoms with Gasteiger partial charge in [-0.2, -0.15) is 0 Å². The van der Waals surface area contributed by atoms with Crippen molar-refractivity contribution in [1.29, 1.82) is 0 Å². The van der Waals surface area contributed by atoms with Gasteiger partial charge in [0.2, 0.25) is 0 Å². The van der Waals surface area contributed by atoms with Gasteiger partial charge in [-0.25, -0.2) is 4.79 Å². The van der Waals surface area contributed by atoms with Gasteiger partial charge in [-0.05, 0) is 42.2 Å². The standard InChI is InChI=1S/C21H26ClN3O/c1-2-18-7-3-4-9-20(18)24-12-14-25(15-13-24)21(26)23-11-10-17-6-5-8-19(22)16-17/h3-9,16H,2,10-15H2,1H3,(H,23,26). The molecule has 0 aromatic heterocycles. The number of carbonyl (C=O) groups is 1. The second-order valence-corrected chi connectivity index (χ2v) is 7.00. The highest BCUT2D eigenvalue weighted by Crippen LogP contribution is 2.22. The summed E-state index contributed by atoms with van der Waals surface area (Å²) in [5.74, 6) is 0. The summed E-state index contributed by atoms with van der Waals surface area (Å²) in [4.78, 5) is 16.7. The fourth-order valence-electron chi connectivity index (χ4n) is 3.39. The van der Waals surface area contributed by atoms with Crippen molar-refractivity contribution in [3.8, 4) is 0 Å². The van der Waals surface area contributed by atoms with E-state index in [1.807, 2.05) is 29.2 Å². The molecule has 0 aliphatic carbocycles. The van der Waals surface area contributed by atoms with E-state index in [1.165, 1.54) is 11.3 Å². The number of rotatable bonds is 5. The van der Waals surface area contributed by atoms with Gasteiger partial charge in [0.15, 0.2) is 0 Å². The quantitative estimate of drug-likeness (QED) is 0.862. The number of nitrogens with zero attached hydrogens (tertiary/aromatic N) is 2. The number of carbonyl (C=O) groups excluding carboxylic acids is 1. The molecular weight excluding hydrogens is 346 g/mol. The smallest absolute Gasteiger partial charge is 0.317 e. The molecule has 0 radical (unpaired) electrons. The molecule has 0 bridgehead atoms. The van der Waals surface area contributed by atoms with E-state index in [0.717, 1.165) is 49.6 Å². The molecule has 1 saturated heterocycles. The van der Waals surface area contributed by atoms with Crippen LogP contribution in [0.15, 0.2) is 48.5 Å². The molecule has 1 fully saturated rings. The van der Waals surface area contributed by atoms with Crippen LogP contribution in [-0.4, -0.2) is 43.7 Å². The fraction of sp³-hybridized carbons (Fsp3) is 0.381. The van der Waals surface area contributed by atoms with E-state index >= 15 is 0 Å². The molecule has 3 rings (SSSR count). The predicted molar refractivity (Wildman–Crippen MR) is 108 cm³/mol. The lowest BCUT2D eigenvalue weighted by atomic mass is 10.1. The normalized spacial score (nSPS) is 14.4. The van der Waals surface area contributed by atoms with Crippen molar-refractivity contribution in [2.45, 2.75) is 19.8 Å². The molecule has 2 aromatic carbocycles. The molecule has 26 heavy (non-hydrogen) atoms. The third kappa shape index (κ3) is 4.70. The SMILES string of the molecule is CCc1ccccc1N1CCN(C(=O)NCCc2cccc(Cl)c2)CC1. The number of aryl methyl sites for hydroxylation is 1. The zero-order valence-corrected chi connectivity index (χ0v) is 16.0. The summed E-state index contributed by atoms with van der Waals surface area (Å²) in [6.45, 7) is 6.06. The second-order valence-electron chi connectivity index (χ2n) is 6.57. The number of hydrogen-bond acceptors (Lipinski definition) is 2. The number of urea groups is 1. The number of anilines is 1. The Kier molecular flexibility index (Phi) is 6.40. The van der Waals surface area contributed by atoms with Crippen LogP contribution >= 0.6 is 11.6 Å². The van der Waals surface area contributed by atoms with E-state index in [-0.39, 0.29) is 6.03 Å². The minimum Gasteiger partial charge on any atom is -0.368 e. The van der Waals surface area contributed by atoms with E-state index in [0.29, 0.717) is 6.54 Å². The monoisotopic (exact) mass is 371 g/mol. The van der Waals surface area contributed by atoms with E-state index < -0.39 is 0 Å². The van der Waals surface area contributed by atoms with Gasteiger partial charge in [0, 0.05) is 43.4 Å². The molecule has 1 heterocycles. The van der Waals surface area contributed by atoms with Crippen molar-refractivity contribution in [2.75, 3.05) is 37.6 Å². The molecule has 5 heteroatoms. The summed E-state index contributed by atoms with van der Waals surface area (Å²) in [6, 6.07) is 16.3. The van der Waals surface area contributed by atoms with Gasteiger partial charge in [-0.15, -0.1) is 0 Å². The summed E-state index contributed by atoms with van der Waals surface area (Å²) in [6.07, 6.45) is 1.82. The summed E-state index contributed by atoms with van der Waals surface area (Å²) in [5, 5.41) is 3.76. The molecule has 2 amide bonds. The van der Waals surface area contributed by atoms with Gasteiger partial charge in [0.1, 0.15) is 0 Å². The van der Waals surface area contributed by atoms with Gasteiger partial charge >= 0.3 is 6.03 Å². The molecule has 1 N–H and O–H groups in total. The number of hydrogen-bond donors (Lipinski definition) is 1. The maximum Gasteiger partial charge on any atom is 0.317 e. The molecule has 138 valence electrons. The van der Waals surface area contributed by atoms with Crippen LogP contribution in [0.5, 0.6) is 0 Å². The maximum absolute atomic E-state index is 12.4. The topological polar surface area (TPSA) is 35.6 Å². The zero-order valence-electron chi connectivity index (χ0n) is 15.2. The van der Waals surface area contributed by atoms with E-state index in [2.05, 4.69) is 41.4 Å². The van der Waals surface area contributed by atoms with Gasteiger partial charge < -0.3 is 15.1 Å². The summed E-state index contributed by atoms with van der Waals surface area (Å²) in [7, 11) is 0. The Morgan fingerprint density at radius 2 is 1.85 bits per heavy atom. The van der Waals surface area contributed by atoms with Crippen LogP contribution in [-0.2, 0) is 12.8 Å². The molecule has 0 atom stereocenters. The van der Waals surface area contributed by atoms with Crippen LogP contribution in [0, 0.1) is 0 Å². The van der Waals surface area contributed by atoms with Crippen LogP contribution in [0.2, 0.25) is 5.02 Å². The van der Waals surface area contributed by atoms with E-state index in [9.17, 15) is 4.79 Å². The average molecular weight is 372 g/mol. The number of amides is 2. The molecule has 1 aliphatic rings. The first kappa shape index (κ1) is 18.6. The van der Waals surface area contributed by atoms with Crippen LogP contribution in [0.3, 0.4) is 0 Å². The first-order valence-electron chi connectivity index (χ1n) is 9.27. The predicted octanol–water partition coefficient (Wildman–Crippen LogP) is 3.98. The number of benzene rings is 2. The summed E-state index contributed by atoms with van der Waals surface area (Å²) in [5.41, 5.74) is 3.81. The van der Waals surface area contributed by atoms with Crippen molar-refractivity contribution in [3.05, 3.63) is 64.7 Å². The Balaban J connectivity index is 1.46. The van der Waals surface area contributed by atoms with Crippen molar-refractivity contribution < 1.29 is 4.79 Å². The Morgan fingerprint density at radius 1 is 1.08 bits per heavy atom. The Labute approximate surface area is 160 Å². The molecule has 4 nitrogen and oxygen atoms in total. The van der Waals surface area contributed by atoms with Gasteiger partial charge in [-0.3, -0.25) is 0 Å². The van der Waals surface area contributed by atoms with Gasteiger partial charge in [-0.1, -0.05) is 48.9 Å². The first-order valence-corrected chi connectivity index (χ1v) is 9.65. The minimum absolute atomic E-state index is 0.0236. The van der Waals surface area contributed by atoms with Gasteiger partial charge in [0.25, 0.3) is 0 Å². The molecule has 0 spiro atoms. The van der Waals surface area contributed by atoms with Crippen LogP contribution < -0.4 is 10.2 Å². The average Bonchev–Trinajstić information content (AvgIpc) is 2.68. The fourth-order valence-corrected chi connectivity index (χ4v) is 3.60. The Hall–Kier alpha value is -2.20. The molecule has 0 unspecified atom stereocenters. The highest BCUT2D eigenvalue weighted by molar-refractivity contribution is 6.30. The van der Waals surface area contributed by atoms with E-state index in [1.54, 1.807) is 0 Å². The van der Waals surface area contributed by atoms with Crippen LogP contribution in [0.1, 0.15) is 18.1 Å². The Morgan fingerprint density at radius 3 is 2.58 bits per heavy atom. The number of halogens is 1. The lowest BCUT2D eigenvalue weighted by Crippen LogP contribution is -2.52. The largest absolute Gasteiger partial charge is 0.368 e. The highest BCUT2D eigenvalue weighted by Gasteiger charge is 2.21. The number of para-hydroxylation sites is 1. The summed E-state index contributed by atoms with van der Waals surface area (Å²) < 4.78 is 0. The van der Waals surface area contributed by atoms with E-state index in [4.69, 9.17) is 11.6 Å². The lowest BCUT2D eigenvalue weighted by Gasteiger charge is -2.37. The van der Waals surface area contributed by atoms with Crippen LogP contribution in [0.4, 0.5) is 10.5 Å². The van der Waals surface area contributed by atoms with Crippen molar-refractivity contribution in [3.63, 3.8) is 0 Å². The minimum atomic E-state index is 0.0236. The zero-order chi connectivity index (χ0) is 18.4. The number of nitrogens with one attached hydrogen (secondary N) is 1. The van der Waals surface area contributed by atoms with Gasteiger partial charge in [0.05, 0.1) is 0 Å². The first-order chi connectivity index (χ1) is 12.7. The third-order valence-corrected chi connectivity index (χ3v) is 5.09. The highest BCUT2D eigenvalue weighted by atomic mass is 35.5. The van der Waals surface area contributed by atoms with Crippen molar-refractivity contribution >= 4 is 23.3 Å². The maximum atomic E-state index is 12.4. The number of piperazine rings is 1. The van der Waals surface area contributed by atoms with Crippen molar-refractivity contribution in [2.24, 2.45) is 0 Å². The third-order valence-electron chi connectivity index (χ3n) is 4.86. The van der Waals surface area contributed by atoms with Crippen LogP contribution in [0.25, 0.3) is 0 Å².